The first-order valence-corrected chi connectivity index (χ1v) is 12.7. The minimum atomic E-state index is -0.176. The molecule has 0 fully saturated rings. The molecule has 0 aliphatic carbocycles. The quantitative estimate of drug-likeness (QED) is 0.270. The summed E-state index contributed by atoms with van der Waals surface area (Å²) >= 11 is 10.3. The Morgan fingerprint density at radius 1 is 0.824 bits per heavy atom. The Hall–Kier alpha value is -2.30. The number of nitrogens with zero attached hydrogens (tertiary/aromatic N) is 1. The maximum absolute atomic E-state index is 11.2. The number of rotatable bonds is 6. The Morgan fingerprint density at radius 2 is 1.29 bits per heavy atom. The Kier molecular flexibility index (Phi) is 8.15. The molecule has 0 radical (unpaired) electrons. The molecule has 0 amide bonds. The van der Waals surface area contributed by atoms with Crippen molar-refractivity contribution in [1.29, 1.82) is 0 Å². The zero-order valence-electron chi connectivity index (χ0n) is 21.2. The van der Waals surface area contributed by atoms with Crippen LogP contribution in [0, 0.1) is 0 Å². The monoisotopic (exact) mass is 491 g/mol. The van der Waals surface area contributed by atoms with Gasteiger partial charge in [0.2, 0.25) is 0 Å². The van der Waals surface area contributed by atoms with Crippen LogP contribution >= 0.6 is 24.8 Å². The Labute approximate surface area is 216 Å². The number of thiocarbonyl (C=S) groups is 1. The lowest BCUT2D eigenvalue weighted by Gasteiger charge is -2.34. The third-order valence-electron chi connectivity index (χ3n) is 6.22. The van der Waals surface area contributed by atoms with Gasteiger partial charge in [-0.25, -0.2) is 0 Å². The predicted molar refractivity (Wildman–Crippen MR) is 152 cm³/mol. The molecule has 0 heterocycles. The zero-order chi connectivity index (χ0) is 25.1. The summed E-state index contributed by atoms with van der Waals surface area (Å²) in [6, 6.07) is 25.2. The van der Waals surface area contributed by atoms with Gasteiger partial charge in [-0.1, -0.05) is 127 Å². The predicted octanol–water partition coefficient (Wildman–Crippen LogP) is 7.99. The molecule has 0 saturated heterocycles. The lowest BCUT2D eigenvalue weighted by molar-refractivity contribution is 0.317. The van der Waals surface area contributed by atoms with Gasteiger partial charge in [-0.3, -0.25) is 0 Å². The summed E-state index contributed by atoms with van der Waals surface area (Å²) in [7, 11) is 0. The summed E-state index contributed by atoms with van der Waals surface area (Å²) < 4.78 is 0.573. The minimum absolute atomic E-state index is 0.0107. The molecule has 3 aromatic rings. The fourth-order valence-corrected chi connectivity index (χ4v) is 4.76. The van der Waals surface area contributed by atoms with Gasteiger partial charge in [0, 0.05) is 6.54 Å². The lowest BCUT2D eigenvalue weighted by atomic mass is 9.77. The zero-order valence-corrected chi connectivity index (χ0v) is 22.9. The van der Waals surface area contributed by atoms with Crippen molar-refractivity contribution in [2.24, 2.45) is 0 Å². The van der Waals surface area contributed by atoms with Gasteiger partial charge in [0.05, 0.1) is 6.04 Å². The number of hydrogen-bond donors (Lipinski definition) is 2. The molecule has 4 heteroatoms. The second kappa shape index (κ2) is 10.5. The summed E-state index contributed by atoms with van der Waals surface area (Å²) in [5, 5.41) is 11.2. The van der Waals surface area contributed by atoms with Crippen molar-refractivity contribution < 1.29 is 5.11 Å². The Morgan fingerprint density at radius 3 is 1.74 bits per heavy atom. The van der Waals surface area contributed by atoms with Crippen LogP contribution in [-0.4, -0.2) is 14.3 Å². The van der Waals surface area contributed by atoms with Crippen molar-refractivity contribution in [3.63, 3.8) is 0 Å². The van der Waals surface area contributed by atoms with Crippen LogP contribution in [0.25, 0.3) is 0 Å². The van der Waals surface area contributed by atoms with Crippen LogP contribution in [0.2, 0.25) is 0 Å². The first kappa shape index (κ1) is 26.3. The molecule has 34 heavy (non-hydrogen) atoms. The molecule has 1 atom stereocenters. The van der Waals surface area contributed by atoms with Gasteiger partial charge in [-0.15, -0.1) is 12.6 Å². The van der Waals surface area contributed by atoms with E-state index in [-0.39, 0.29) is 16.9 Å². The molecule has 0 aromatic heterocycles. The van der Waals surface area contributed by atoms with Crippen LogP contribution in [0.15, 0.2) is 72.8 Å². The van der Waals surface area contributed by atoms with Crippen LogP contribution in [0.1, 0.15) is 75.4 Å². The Balaban J connectivity index is 2.12. The number of phenolic OH excluding ortho intramolecular Hbond substituents is 1. The van der Waals surface area contributed by atoms with E-state index in [4.69, 9.17) is 12.2 Å². The highest BCUT2D eigenvalue weighted by Gasteiger charge is 2.28. The maximum atomic E-state index is 11.2. The van der Waals surface area contributed by atoms with Crippen molar-refractivity contribution >= 4 is 29.2 Å². The average molecular weight is 492 g/mol. The van der Waals surface area contributed by atoms with E-state index >= 15 is 0 Å². The first-order chi connectivity index (χ1) is 15.9. The molecule has 0 aliphatic heterocycles. The summed E-state index contributed by atoms with van der Waals surface area (Å²) in [5.41, 5.74) is 5.17. The van der Waals surface area contributed by atoms with E-state index in [1.165, 1.54) is 16.7 Å². The van der Waals surface area contributed by atoms with Crippen molar-refractivity contribution in [1.82, 2.24) is 4.90 Å². The van der Waals surface area contributed by atoms with E-state index in [2.05, 4.69) is 120 Å². The molecule has 2 nitrogen and oxygen atoms in total. The number of thiol groups is 1. The van der Waals surface area contributed by atoms with Gasteiger partial charge in [0.15, 0.2) is 0 Å². The molecular weight excluding hydrogens is 454 g/mol. The largest absolute Gasteiger partial charge is 0.507 e. The van der Waals surface area contributed by atoms with Crippen LogP contribution in [-0.2, 0) is 23.8 Å². The van der Waals surface area contributed by atoms with Gasteiger partial charge >= 0.3 is 0 Å². The van der Waals surface area contributed by atoms with Gasteiger partial charge in [-0.05, 0) is 45.1 Å². The van der Waals surface area contributed by atoms with Crippen molar-refractivity contribution in [2.75, 3.05) is 0 Å². The third kappa shape index (κ3) is 6.43. The highest BCUT2D eigenvalue weighted by atomic mass is 32.1. The number of hydrogen-bond acceptors (Lipinski definition) is 2. The fraction of sp³-hybridized carbons (Fsp3) is 0.367. The van der Waals surface area contributed by atoms with Crippen LogP contribution < -0.4 is 0 Å². The maximum Gasteiger partial charge on any atom is 0.134 e. The smallest absolute Gasteiger partial charge is 0.134 e. The standard InChI is InChI=1S/C30H37NOS2/c1-29(2,3)24-17-22(18-25(27(24)32)30(4,5)6)19-26(23-15-11-8-12-16-23)31(28(33)34)20-21-13-9-7-10-14-21/h7-18,26,32H,19-20H2,1-6H3,(H,33,34). The molecule has 0 aliphatic rings. The third-order valence-corrected chi connectivity index (χ3v) is 6.71. The molecule has 3 rings (SSSR count). The second-order valence-corrected chi connectivity index (χ2v) is 12.2. The molecule has 0 spiro atoms. The molecule has 0 bridgehead atoms. The topological polar surface area (TPSA) is 23.5 Å². The van der Waals surface area contributed by atoms with Crippen LogP contribution in [0.5, 0.6) is 5.75 Å². The van der Waals surface area contributed by atoms with Gasteiger partial charge in [0.1, 0.15) is 10.1 Å². The van der Waals surface area contributed by atoms with E-state index in [0.717, 1.165) is 17.5 Å². The van der Waals surface area contributed by atoms with Crippen LogP contribution in [0.3, 0.4) is 0 Å². The van der Waals surface area contributed by atoms with Gasteiger partial charge < -0.3 is 10.0 Å². The van der Waals surface area contributed by atoms with Crippen molar-refractivity contribution in [2.45, 2.75) is 71.4 Å². The lowest BCUT2D eigenvalue weighted by Crippen LogP contribution is -2.32. The normalized spacial score (nSPS) is 12.9. The molecule has 1 unspecified atom stereocenters. The number of benzene rings is 3. The summed E-state index contributed by atoms with van der Waals surface area (Å²) in [4.78, 5) is 2.20. The van der Waals surface area contributed by atoms with E-state index < -0.39 is 0 Å². The highest BCUT2D eigenvalue weighted by molar-refractivity contribution is 8.10. The van der Waals surface area contributed by atoms with E-state index in [9.17, 15) is 5.11 Å². The molecule has 1 N–H and O–H groups in total. The minimum Gasteiger partial charge on any atom is -0.507 e. The van der Waals surface area contributed by atoms with E-state index in [0.29, 0.717) is 16.6 Å². The number of aromatic hydroxyl groups is 1. The van der Waals surface area contributed by atoms with Gasteiger partial charge in [-0.2, -0.15) is 0 Å². The van der Waals surface area contributed by atoms with E-state index in [1.807, 2.05) is 12.1 Å². The van der Waals surface area contributed by atoms with Crippen LogP contribution in [0.4, 0.5) is 0 Å². The molecule has 0 saturated carbocycles. The SMILES string of the molecule is CC(C)(C)c1cc(CC(c2ccccc2)N(Cc2ccccc2)C(=S)S)cc(C(C)(C)C)c1O. The Bertz CT molecular complexity index is 1080. The molecule has 180 valence electrons. The van der Waals surface area contributed by atoms with E-state index in [1.54, 1.807) is 0 Å². The van der Waals surface area contributed by atoms with Gasteiger partial charge in [0.25, 0.3) is 0 Å². The average Bonchev–Trinajstić information content (AvgIpc) is 2.76. The highest BCUT2D eigenvalue weighted by Crippen LogP contribution is 2.41. The summed E-state index contributed by atoms with van der Waals surface area (Å²) in [6.45, 7) is 13.6. The summed E-state index contributed by atoms with van der Waals surface area (Å²) in [6.07, 6.45) is 0.754. The number of phenols is 1. The summed E-state index contributed by atoms with van der Waals surface area (Å²) in [5.74, 6) is 0.408. The van der Waals surface area contributed by atoms with Crippen molar-refractivity contribution in [3.05, 3.63) is 101 Å². The fourth-order valence-electron chi connectivity index (χ4n) is 4.35. The van der Waals surface area contributed by atoms with Crippen molar-refractivity contribution in [3.8, 4) is 5.75 Å². The molecule has 3 aromatic carbocycles. The first-order valence-electron chi connectivity index (χ1n) is 11.8. The molecular formula is C30H37NOS2. The second-order valence-electron chi connectivity index (χ2n) is 11.1.